The number of hydrogen-bond donors (Lipinski definition) is 0. The number of nitrogens with zero attached hydrogens (tertiary/aromatic N) is 2. The van der Waals surface area contributed by atoms with Gasteiger partial charge in [-0.2, -0.15) is 0 Å². The van der Waals surface area contributed by atoms with Gasteiger partial charge in [0.05, 0.1) is 13.2 Å². The van der Waals surface area contributed by atoms with Crippen LogP contribution in [0.1, 0.15) is 30.1 Å². The average Bonchev–Trinajstić information content (AvgIpc) is 2.63. The molecule has 0 bridgehead atoms. The fraction of sp³-hybridized carbons (Fsp3) is 0.636. The predicted octanol–water partition coefficient (Wildman–Crippen LogP) is 1.76. The molecule has 2 heterocycles. The number of ether oxygens (including phenoxy) is 1. The Kier molecular flexibility index (Phi) is 3.25. The summed E-state index contributed by atoms with van der Waals surface area (Å²) in [6.45, 7) is 5.02. The van der Waals surface area contributed by atoms with Crippen molar-refractivity contribution >= 4 is 17.3 Å². The van der Waals surface area contributed by atoms with Crippen LogP contribution in [0.15, 0.2) is 5.38 Å². The molecule has 0 N–H and O–H groups in total. The second kappa shape index (κ2) is 4.51. The van der Waals surface area contributed by atoms with Crippen molar-refractivity contribution in [2.24, 2.45) is 0 Å². The summed E-state index contributed by atoms with van der Waals surface area (Å²) in [5.41, 5.74) is 1.04. The molecule has 0 aromatic carbocycles. The number of aromatic nitrogens is 1. The van der Waals surface area contributed by atoms with Crippen molar-refractivity contribution < 1.29 is 9.53 Å². The van der Waals surface area contributed by atoms with E-state index in [0.717, 1.165) is 23.7 Å². The van der Waals surface area contributed by atoms with Gasteiger partial charge in [-0.25, -0.2) is 4.98 Å². The highest BCUT2D eigenvalue weighted by atomic mass is 32.1. The number of methoxy groups -OCH3 is 1. The summed E-state index contributed by atoms with van der Waals surface area (Å²) < 4.78 is 4.78. The molecule has 1 aromatic heterocycles. The standard InChI is InChI=1S/C11H16N2O2S/c1-7-6-16-10(12-7)8(2)13-5-4-9(13)11(14)15-3/h6,8-9H,4-5H2,1-3H3. The normalized spacial score (nSPS) is 22.6. The smallest absolute Gasteiger partial charge is 0.323 e. The molecule has 0 aliphatic carbocycles. The van der Waals surface area contributed by atoms with Gasteiger partial charge in [0.15, 0.2) is 0 Å². The van der Waals surface area contributed by atoms with Crippen LogP contribution in [0.4, 0.5) is 0 Å². The van der Waals surface area contributed by atoms with E-state index in [1.54, 1.807) is 11.3 Å². The zero-order valence-electron chi connectivity index (χ0n) is 9.77. The molecular formula is C11H16N2O2S. The minimum atomic E-state index is -0.133. The Hall–Kier alpha value is -0.940. The van der Waals surface area contributed by atoms with Crippen LogP contribution in [0.5, 0.6) is 0 Å². The fourth-order valence-corrected chi connectivity index (χ4v) is 2.84. The Morgan fingerprint density at radius 1 is 1.75 bits per heavy atom. The minimum Gasteiger partial charge on any atom is -0.468 e. The van der Waals surface area contributed by atoms with Crippen molar-refractivity contribution in [1.29, 1.82) is 0 Å². The van der Waals surface area contributed by atoms with Crippen LogP contribution in [0, 0.1) is 6.92 Å². The average molecular weight is 240 g/mol. The van der Waals surface area contributed by atoms with E-state index >= 15 is 0 Å². The molecule has 1 fully saturated rings. The van der Waals surface area contributed by atoms with Crippen LogP contribution in [0.25, 0.3) is 0 Å². The van der Waals surface area contributed by atoms with Gasteiger partial charge in [0.2, 0.25) is 0 Å². The van der Waals surface area contributed by atoms with Gasteiger partial charge >= 0.3 is 5.97 Å². The topological polar surface area (TPSA) is 42.4 Å². The maximum Gasteiger partial charge on any atom is 0.323 e. The highest BCUT2D eigenvalue weighted by molar-refractivity contribution is 7.09. The number of thiazole rings is 1. The third-order valence-electron chi connectivity index (χ3n) is 3.03. The minimum absolute atomic E-state index is 0.0794. The first kappa shape index (κ1) is 11.5. The lowest BCUT2D eigenvalue weighted by molar-refractivity contribution is -0.153. The summed E-state index contributed by atoms with van der Waals surface area (Å²) in [5, 5.41) is 3.12. The van der Waals surface area contributed by atoms with Crippen molar-refractivity contribution in [3.8, 4) is 0 Å². The molecule has 2 unspecified atom stereocenters. The molecule has 1 saturated heterocycles. The van der Waals surface area contributed by atoms with Crippen LogP contribution in [0.3, 0.4) is 0 Å². The first-order valence-corrected chi connectivity index (χ1v) is 6.27. The molecule has 1 aliphatic heterocycles. The van der Waals surface area contributed by atoms with Gasteiger partial charge in [-0.05, 0) is 20.3 Å². The van der Waals surface area contributed by atoms with Crippen LogP contribution < -0.4 is 0 Å². The summed E-state index contributed by atoms with van der Waals surface area (Å²) >= 11 is 1.65. The number of carbonyl (C=O) groups excluding carboxylic acids is 1. The summed E-state index contributed by atoms with van der Waals surface area (Å²) in [6.07, 6.45) is 0.890. The number of aryl methyl sites for hydroxylation is 1. The second-order valence-corrected chi connectivity index (χ2v) is 4.96. The van der Waals surface area contributed by atoms with Gasteiger partial charge in [-0.3, -0.25) is 9.69 Å². The lowest BCUT2D eigenvalue weighted by Gasteiger charge is -2.42. The van der Waals surface area contributed by atoms with Crippen LogP contribution in [-0.4, -0.2) is 35.5 Å². The first-order chi connectivity index (χ1) is 7.63. The van der Waals surface area contributed by atoms with Crippen molar-refractivity contribution in [2.45, 2.75) is 32.4 Å². The Morgan fingerprint density at radius 3 is 2.94 bits per heavy atom. The third kappa shape index (κ3) is 1.97. The summed E-state index contributed by atoms with van der Waals surface area (Å²) in [6, 6.07) is 0.126. The van der Waals surface area contributed by atoms with Gasteiger partial charge in [-0.15, -0.1) is 11.3 Å². The molecule has 0 spiro atoms. The van der Waals surface area contributed by atoms with E-state index in [9.17, 15) is 4.79 Å². The Labute approximate surface area is 99.2 Å². The van der Waals surface area contributed by atoms with Crippen molar-refractivity contribution in [3.05, 3.63) is 16.1 Å². The van der Waals surface area contributed by atoms with Gasteiger partial charge in [0.1, 0.15) is 11.0 Å². The van der Waals surface area contributed by atoms with E-state index in [1.807, 2.05) is 12.3 Å². The van der Waals surface area contributed by atoms with Crippen molar-refractivity contribution in [1.82, 2.24) is 9.88 Å². The van der Waals surface area contributed by atoms with E-state index in [1.165, 1.54) is 7.11 Å². The molecule has 0 radical (unpaired) electrons. The van der Waals surface area contributed by atoms with Crippen LogP contribution in [0.2, 0.25) is 0 Å². The number of likely N-dealkylation sites (tertiary alicyclic amines) is 1. The lowest BCUT2D eigenvalue weighted by atomic mass is 10.0. The van der Waals surface area contributed by atoms with E-state index < -0.39 is 0 Å². The van der Waals surface area contributed by atoms with Crippen molar-refractivity contribution in [3.63, 3.8) is 0 Å². The monoisotopic (exact) mass is 240 g/mol. The van der Waals surface area contributed by atoms with Gasteiger partial charge in [-0.1, -0.05) is 0 Å². The maximum atomic E-state index is 11.5. The SMILES string of the molecule is COC(=O)C1CCN1C(C)c1nc(C)cs1. The number of rotatable bonds is 3. The zero-order chi connectivity index (χ0) is 11.7. The molecule has 88 valence electrons. The maximum absolute atomic E-state index is 11.5. The Balaban J connectivity index is 2.05. The molecule has 16 heavy (non-hydrogen) atoms. The van der Waals surface area contributed by atoms with E-state index in [4.69, 9.17) is 4.74 Å². The highest BCUT2D eigenvalue weighted by Crippen LogP contribution is 2.32. The first-order valence-electron chi connectivity index (χ1n) is 5.39. The Bertz CT molecular complexity index is 391. The van der Waals surface area contributed by atoms with Crippen LogP contribution >= 0.6 is 11.3 Å². The molecule has 5 heteroatoms. The zero-order valence-corrected chi connectivity index (χ0v) is 10.6. The predicted molar refractivity (Wildman–Crippen MR) is 62.4 cm³/mol. The largest absolute Gasteiger partial charge is 0.468 e. The second-order valence-electron chi connectivity index (χ2n) is 4.07. The summed E-state index contributed by atoms with van der Waals surface area (Å²) in [7, 11) is 1.44. The number of carbonyl (C=O) groups is 1. The fourth-order valence-electron chi connectivity index (χ4n) is 1.97. The quantitative estimate of drug-likeness (QED) is 0.755. The van der Waals surface area contributed by atoms with Crippen molar-refractivity contribution in [2.75, 3.05) is 13.7 Å². The molecule has 2 rings (SSSR count). The molecule has 0 amide bonds. The van der Waals surface area contributed by atoms with E-state index in [-0.39, 0.29) is 18.1 Å². The molecule has 2 atom stereocenters. The number of hydrogen-bond acceptors (Lipinski definition) is 5. The van der Waals surface area contributed by atoms with Gasteiger partial charge < -0.3 is 4.74 Å². The van der Waals surface area contributed by atoms with Gasteiger partial charge in [0.25, 0.3) is 0 Å². The lowest BCUT2D eigenvalue weighted by Crippen LogP contribution is -2.53. The van der Waals surface area contributed by atoms with E-state index in [2.05, 4.69) is 16.8 Å². The molecule has 4 nitrogen and oxygen atoms in total. The molecular weight excluding hydrogens is 224 g/mol. The summed E-state index contributed by atoms with van der Waals surface area (Å²) in [5.74, 6) is -0.133. The molecule has 0 saturated carbocycles. The molecule has 1 aromatic rings. The Morgan fingerprint density at radius 2 is 2.50 bits per heavy atom. The van der Waals surface area contributed by atoms with Crippen LogP contribution in [-0.2, 0) is 9.53 Å². The van der Waals surface area contributed by atoms with E-state index in [0.29, 0.717) is 0 Å². The number of esters is 1. The highest BCUT2D eigenvalue weighted by Gasteiger charge is 2.39. The third-order valence-corrected chi connectivity index (χ3v) is 4.16. The van der Waals surface area contributed by atoms with Gasteiger partial charge in [0, 0.05) is 17.6 Å². The molecule has 1 aliphatic rings. The summed E-state index contributed by atoms with van der Waals surface area (Å²) in [4.78, 5) is 18.1.